The summed E-state index contributed by atoms with van der Waals surface area (Å²) in [6, 6.07) is 7.46. The Morgan fingerprint density at radius 2 is 2.28 bits per heavy atom. The lowest BCUT2D eigenvalue weighted by atomic mass is 10.1. The van der Waals surface area contributed by atoms with Gasteiger partial charge in [0.25, 0.3) is 0 Å². The summed E-state index contributed by atoms with van der Waals surface area (Å²) in [6.45, 7) is 2.96. The Labute approximate surface area is 107 Å². The van der Waals surface area contributed by atoms with E-state index in [0.29, 0.717) is 0 Å². The molecule has 1 aromatic heterocycles. The van der Waals surface area contributed by atoms with Crippen LogP contribution in [0, 0.1) is 0 Å². The summed E-state index contributed by atoms with van der Waals surface area (Å²) in [6.07, 6.45) is 3.80. The van der Waals surface area contributed by atoms with E-state index in [4.69, 9.17) is 4.74 Å². The van der Waals surface area contributed by atoms with Crippen molar-refractivity contribution in [3.63, 3.8) is 0 Å². The maximum absolute atomic E-state index is 10.4. The van der Waals surface area contributed by atoms with Crippen molar-refractivity contribution >= 4 is 0 Å². The smallest absolute Gasteiger partial charge is 0.121 e. The van der Waals surface area contributed by atoms with Crippen LogP contribution in [-0.2, 0) is 6.54 Å². The van der Waals surface area contributed by atoms with Crippen LogP contribution < -0.4 is 4.74 Å². The summed E-state index contributed by atoms with van der Waals surface area (Å²) in [5.74, 6) is 0.744. The van der Waals surface area contributed by atoms with Gasteiger partial charge in [0.05, 0.1) is 25.3 Å². The Morgan fingerprint density at radius 3 is 3.00 bits per heavy atom. The topological polar surface area (TPSA) is 47.3 Å². The van der Waals surface area contributed by atoms with Gasteiger partial charge < -0.3 is 14.4 Å². The normalized spacial score (nSPS) is 12.4. The zero-order valence-electron chi connectivity index (χ0n) is 10.7. The molecule has 4 heteroatoms. The van der Waals surface area contributed by atoms with Gasteiger partial charge in [-0.1, -0.05) is 19.1 Å². The van der Waals surface area contributed by atoms with Crippen LogP contribution in [0.4, 0.5) is 0 Å². The molecule has 2 aromatic rings. The number of aliphatic hydroxyl groups excluding tert-OH is 1. The van der Waals surface area contributed by atoms with Gasteiger partial charge in [0, 0.05) is 6.54 Å². The van der Waals surface area contributed by atoms with E-state index in [-0.39, 0.29) is 0 Å². The molecule has 0 spiro atoms. The first-order valence-electron chi connectivity index (χ1n) is 6.08. The molecule has 0 bridgehead atoms. The van der Waals surface area contributed by atoms with Gasteiger partial charge in [-0.3, -0.25) is 0 Å². The molecule has 1 unspecified atom stereocenters. The van der Waals surface area contributed by atoms with Gasteiger partial charge in [-0.2, -0.15) is 0 Å². The number of methoxy groups -OCH3 is 1. The van der Waals surface area contributed by atoms with Crippen LogP contribution in [0.2, 0.25) is 0 Å². The van der Waals surface area contributed by atoms with Crippen LogP contribution in [0.15, 0.2) is 36.8 Å². The van der Waals surface area contributed by atoms with Gasteiger partial charge >= 0.3 is 0 Å². The zero-order chi connectivity index (χ0) is 13.0. The Hall–Kier alpha value is -1.81. The predicted molar refractivity (Wildman–Crippen MR) is 69.6 cm³/mol. The van der Waals surface area contributed by atoms with Gasteiger partial charge in [-0.05, 0) is 24.1 Å². The molecule has 96 valence electrons. The first-order chi connectivity index (χ1) is 8.76. The number of benzene rings is 1. The largest absolute Gasteiger partial charge is 0.497 e. The Kier molecular flexibility index (Phi) is 3.99. The van der Waals surface area contributed by atoms with E-state index in [0.717, 1.165) is 30.0 Å². The Balaban J connectivity index is 2.29. The highest BCUT2D eigenvalue weighted by Crippen LogP contribution is 2.24. The molecule has 0 saturated heterocycles. The molecule has 2 rings (SSSR count). The van der Waals surface area contributed by atoms with E-state index in [1.807, 2.05) is 28.8 Å². The van der Waals surface area contributed by atoms with Crippen molar-refractivity contribution < 1.29 is 9.84 Å². The van der Waals surface area contributed by atoms with Crippen molar-refractivity contribution in [1.29, 1.82) is 0 Å². The molecule has 1 aromatic carbocycles. The Morgan fingerprint density at radius 1 is 1.44 bits per heavy atom. The molecular formula is C14H18N2O2. The van der Waals surface area contributed by atoms with Crippen LogP contribution in [0.1, 0.15) is 30.7 Å². The number of hydrogen-bond donors (Lipinski definition) is 1. The van der Waals surface area contributed by atoms with E-state index < -0.39 is 6.10 Å². The lowest BCUT2D eigenvalue weighted by Gasteiger charge is -2.14. The minimum absolute atomic E-state index is 0.672. The van der Waals surface area contributed by atoms with Gasteiger partial charge in [-0.15, -0.1) is 0 Å². The predicted octanol–water partition coefficient (Wildman–Crippen LogP) is 2.38. The number of ether oxygens (including phenoxy) is 1. The van der Waals surface area contributed by atoms with Crippen molar-refractivity contribution in [3.8, 4) is 5.75 Å². The maximum Gasteiger partial charge on any atom is 0.121 e. The Bertz CT molecular complexity index is 508. The van der Waals surface area contributed by atoms with E-state index in [1.54, 1.807) is 19.6 Å². The van der Waals surface area contributed by atoms with Crippen LogP contribution in [0.25, 0.3) is 0 Å². The van der Waals surface area contributed by atoms with Crippen molar-refractivity contribution in [2.45, 2.75) is 26.0 Å². The highest BCUT2D eigenvalue weighted by Gasteiger charge is 2.15. The number of imidazole rings is 1. The molecular weight excluding hydrogens is 228 g/mol. The highest BCUT2D eigenvalue weighted by atomic mass is 16.5. The number of rotatable bonds is 5. The van der Waals surface area contributed by atoms with Crippen LogP contribution in [0.3, 0.4) is 0 Å². The van der Waals surface area contributed by atoms with E-state index in [2.05, 4.69) is 11.9 Å². The minimum atomic E-state index is -0.672. The van der Waals surface area contributed by atoms with Gasteiger partial charge in [-0.25, -0.2) is 4.98 Å². The highest BCUT2D eigenvalue weighted by molar-refractivity contribution is 5.33. The lowest BCUT2D eigenvalue weighted by molar-refractivity contribution is 0.209. The van der Waals surface area contributed by atoms with Crippen molar-refractivity contribution in [2.75, 3.05) is 7.11 Å². The number of aryl methyl sites for hydroxylation is 1. The fraction of sp³-hybridized carbons (Fsp3) is 0.357. The molecule has 0 amide bonds. The number of nitrogens with zero attached hydrogens (tertiary/aromatic N) is 2. The number of aliphatic hydroxyl groups is 1. The fourth-order valence-corrected chi connectivity index (χ4v) is 1.97. The number of aromatic nitrogens is 2. The molecule has 1 N–H and O–H groups in total. The molecule has 0 aliphatic heterocycles. The third-order valence-corrected chi connectivity index (χ3v) is 2.90. The van der Waals surface area contributed by atoms with Crippen molar-refractivity contribution in [1.82, 2.24) is 9.55 Å². The summed E-state index contributed by atoms with van der Waals surface area (Å²) in [5, 5.41) is 10.4. The first kappa shape index (κ1) is 12.6. The summed E-state index contributed by atoms with van der Waals surface area (Å²) in [7, 11) is 1.62. The van der Waals surface area contributed by atoms with Crippen LogP contribution in [-0.4, -0.2) is 21.8 Å². The van der Waals surface area contributed by atoms with Crippen molar-refractivity contribution in [2.24, 2.45) is 0 Å². The monoisotopic (exact) mass is 246 g/mol. The zero-order valence-corrected chi connectivity index (χ0v) is 10.7. The third kappa shape index (κ3) is 2.54. The van der Waals surface area contributed by atoms with Gasteiger partial charge in [0.15, 0.2) is 0 Å². The van der Waals surface area contributed by atoms with Gasteiger partial charge in [0.1, 0.15) is 11.9 Å². The average molecular weight is 246 g/mol. The SMILES string of the molecule is CCCn1cncc1C(O)c1cccc(OC)c1. The molecule has 4 nitrogen and oxygen atoms in total. The van der Waals surface area contributed by atoms with Crippen LogP contribution in [0.5, 0.6) is 5.75 Å². The molecule has 0 aliphatic rings. The minimum Gasteiger partial charge on any atom is -0.497 e. The van der Waals surface area contributed by atoms with Crippen LogP contribution >= 0.6 is 0 Å². The first-order valence-corrected chi connectivity index (χ1v) is 6.08. The second kappa shape index (κ2) is 5.69. The third-order valence-electron chi connectivity index (χ3n) is 2.90. The van der Waals surface area contributed by atoms with E-state index >= 15 is 0 Å². The summed E-state index contributed by atoms with van der Waals surface area (Å²) in [4.78, 5) is 4.10. The second-order valence-electron chi connectivity index (χ2n) is 4.19. The molecule has 18 heavy (non-hydrogen) atoms. The van der Waals surface area contributed by atoms with Crippen molar-refractivity contribution in [3.05, 3.63) is 48.0 Å². The quantitative estimate of drug-likeness (QED) is 0.881. The summed E-state index contributed by atoms with van der Waals surface area (Å²) >= 11 is 0. The van der Waals surface area contributed by atoms with E-state index in [1.165, 1.54) is 0 Å². The number of hydrogen-bond acceptors (Lipinski definition) is 3. The average Bonchev–Trinajstić information content (AvgIpc) is 2.86. The maximum atomic E-state index is 10.4. The fourth-order valence-electron chi connectivity index (χ4n) is 1.97. The summed E-state index contributed by atoms with van der Waals surface area (Å²) < 4.78 is 7.14. The molecule has 0 fully saturated rings. The molecule has 1 heterocycles. The van der Waals surface area contributed by atoms with E-state index in [9.17, 15) is 5.11 Å². The molecule has 0 saturated carbocycles. The molecule has 0 radical (unpaired) electrons. The standard InChI is InChI=1S/C14H18N2O2/c1-3-7-16-10-15-9-13(16)14(17)11-5-4-6-12(8-11)18-2/h4-6,8-10,14,17H,3,7H2,1-2H3. The second-order valence-corrected chi connectivity index (χ2v) is 4.19. The molecule has 1 atom stereocenters. The molecule has 0 aliphatic carbocycles. The lowest BCUT2D eigenvalue weighted by Crippen LogP contribution is -2.08. The summed E-state index contributed by atoms with van der Waals surface area (Å²) in [5.41, 5.74) is 1.62. The van der Waals surface area contributed by atoms with Gasteiger partial charge in [0.2, 0.25) is 0 Å².